The first-order chi connectivity index (χ1) is 28.8. The Morgan fingerprint density at radius 2 is 1.41 bits per heavy atom. The van der Waals surface area contributed by atoms with E-state index in [0.29, 0.717) is 84.0 Å². The smallest absolute Gasteiger partial charge is 0.328 e. The van der Waals surface area contributed by atoms with Crippen LogP contribution in [0.15, 0.2) is 60.7 Å². The number of amides is 2. The molecular weight excluding hydrogens is 809 g/mol. The molecule has 3 aliphatic heterocycles. The van der Waals surface area contributed by atoms with E-state index in [0.717, 1.165) is 36.8 Å². The molecule has 3 fully saturated rings. The van der Waals surface area contributed by atoms with Gasteiger partial charge in [0.1, 0.15) is 24.2 Å². The van der Waals surface area contributed by atoms with Crippen molar-refractivity contribution < 1.29 is 58.4 Å². The number of aryl methyl sites for hydroxylation is 2. The summed E-state index contributed by atoms with van der Waals surface area (Å²) in [6, 6.07) is 16.7. The predicted molar refractivity (Wildman–Crippen MR) is 228 cm³/mol. The molecule has 5 rings (SSSR count). The van der Waals surface area contributed by atoms with Gasteiger partial charge in [0.05, 0.1) is 18.8 Å². The molecule has 18 heteroatoms. The third-order valence-electron chi connectivity index (χ3n) is 11.1. The minimum atomic E-state index is -3.98. The molecular formula is C43H66N5O12P. The number of carbonyl (C=O) groups is 5. The van der Waals surface area contributed by atoms with Crippen LogP contribution < -0.4 is 11.1 Å². The normalized spacial score (nSPS) is 21.0. The van der Waals surface area contributed by atoms with E-state index in [1.54, 1.807) is 6.92 Å². The number of fused-ring (bicyclic) bond motifs is 1. The van der Waals surface area contributed by atoms with Crippen molar-refractivity contribution in [2.75, 3.05) is 38.9 Å². The lowest BCUT2D eigenvalue weighted by Gasteiger charge is -2.42. The predicted octanol–water partition coefficient (Wildman–Crippen LogP) is 3.56. The first kappa shape index (κ1) is 51.1. The number of rotatable bonds is 21. The Balaban J connectivity index is 0.000000320. The first-order valence-electron chi connectivity index (χ1n) is 21.4. The number of hydrogen-bond donors (Lipinski definition) is 5. The summed E-state index contributed by atoms with van der Waals surface area (Å²) in [5.41, 5.74) is 7.78. The fourth-order valence-corrected chi connectivity index (χ4v) is 9.29. The topological polar surface area (TPSA) is 261 Å². The summed E-state index contributed by atoms with van der Waals surface area (Å²) in [7, 11) is -3.98. The van der Waals surface area contributed by atoms with Gasteiger partial charge in [-0.1, -0.05) is 60.7 Å². The molecule has 6 atom stereocenters. The highest BCUT2D eigenvalue weighted by Crippen LogP contribution is 2.45. The number of likely N-dealkylation sites (tertiary alicyclic amines) is 1. The Hall–Kier alpha value is -4.22. The zero-order valence-corrected chi connectivity index (χ0v) is 36.2. The van der Waals surface area contributed by atoms with Crippen molar-refractivity contribution in [1.82, 2.24) is 20.2 Å². The second-order valence-electron chi connectivity index (χ2n) is 15.5. The van der Waals surface area contributed by atoms with Crippen LogP contribution >= 0.6 is 7.60 Å². The number of hydrogen-bond acceptors (Lipinski definition) is 11. The number of nitrogens with one attached hydrogen (secondary N) is 1. The molecule has 0 saturated carbocycles. The van der Waals surface area contributed by atoms with Gasteiger partial charge in [0.2, 0.25) is 0 Å². The van der Waals surface area contributed by atoms with Gasteiger partial charge in [-0.15, -0.1) is 0 Å². The van der Waals surface area contributed by atoms with E-state index < -0.39 is 55.7 Å². The molecule has 61 heavy (non-hydrogen) atoms. The number of aliphatic carboxylic acids is 2. The molecule has 340 valence electrons. The number of nitrogens with two attached hydrogens (primary N) is 1. The molecule has 2 aromatic carbocycles. The largest absolute Gasteiger partial charge is 0.480 e. The summed E-state index contributed by atoms with van der Waals surface area (Å²) >= 11 is 0. The average Bonchev–Trinajstić information content (AvgIpc) is 3.68. The van der Waals surface area contributed by atoms with Crippen LogP contribution in [0, 0.1) is 0 Å². The second-order valence-corrected chi connectivity index (χ2v) is 17.5. The van der Waals surface area contributed by atoms with Gasteiger partial charge in [0.25, 0.3) is 11.8 Å². The van der Waals surface area contributed by atoms with Crippen LogP contribution in [0.1, 0.15) is 95.1 Å². The molecule has 2 aromatic rings. The Kier molecular flexibility index (Phi) is 22.0. The zero-order chi connectivity index (χ0) is 43.5. The SMILES string of the molecule is CCOC(=O)[C@H](CCc1ccccc1)N[C@H]1CCCN2CCC[C@@H](C(=O)O)N2C1=O.NCCCC[C@H](OP(=O)(O)CCCCc1ccccc1)C(=O)N1CCC[C@H]1C(=O)O.O. The molecule has 0 aromatic heterocycles. The van der Waals surface area contributed by atoms with E-state index in [1.807, 2.05) is 65.7 Å². The zero-order valence-electron chi connectivity index (χ0n) is 35.3. The van der Waals surface area contributed by atoms with Gasteiger partial charge < -0.3 is 36.0 Å². The number of nitrogens with zero attached hydrogens (tertiary/aromatic N) is 3. The third kappa shape index (κ3) is 16.2. The van der Waals surface area contributed by atoms with Gasteiger partial charge in [0, 0.05) is 19.6 Å². The van der Waals surface area contributed by atoms with E-state index in [-0.39, 0.29) is 36.5 Å². The van der Waals surface area contributed by atoms with Crippen LogP contribution in [0.25, 0.3) is 0 Å². The van der Waals surface area contributed by atoms with Crippen LogP contribution in [0.5, 0.6) is 0 Å². The number of benzene rings is 2. The summed E-state index contributed by atoms with van der Waals surface area (Å²) in [6.45, 7) is 4.10. The number of ether oxygens (including phenoxy) is 1. The minimum Gasteiger partial charge on any atom is -0.480 e. The standard InChI is InChI=1S/C22H31N3O5.C21H33N2O6P.H2O/c1-2-30-22(29)18(13-12-16-8-4-3-5-9-16)23-17-10-6-14-24-15-7-11-19(21(27)28)25(24)20(17)26;22-14-6-4-13-19(20(24)23-15-8-12-18(23)21(25)26)29-30(27,28)16-7-5-11-17-9-2-1-3-10-17;/h3-5,8-9,17-19,23H,2,6-7,10-15H2,1H3,(H,27,28);1-3,9-10,18-19H,4-8,11-16,22H2,(H,25,26)(H,27,28);1H2/t17-,18-,19-;18-,19-;/m00./s1. The van der Waals surface area contributed by atoms with E-state index >= 15 is 0 Å². The number of carboxylic acids is 2. The molecule has 8 N–H and O–H groups in total. The van der Waals surface area contributed by atoms with Crippen molar-refractivity contribution in [3.63, 3.8) is 0 Å². The lowest BCUT2D eigenvalue weighted by atomic mass is 10.0. The van der Waals surface area contributed by atoms with E-state index in [2.05, 4.69) is 5.32 Å². The molecule has 17 nitrogen and oxygen atoms in total. The molecule has 0 spiro atoms. The summed E-state index contributed by atoms with van der Waals surface area (Å²) in [4.78, 5) is 73.5. The summed E-state index contributed by atoms with van der Waals surface area (Å²) in [5, 5.41) is 25.4. The van der Waals surface area contributed by atoms with Crippen molar-refractivity contribution in [3.05, 3.63) is 71.8 Å². The number of carbonyl (C=O) groups excluding carboxylic acids is 3. The lowest BCUT2D eigenvalue weighted by molar-refractivity contribution is -0.174. The van der Waals surface area contributed by atoms with Gasteiger partial charge in [-0.3, -0.25) is 33.8 Å². The molecule has 2 amide bonds. The van der Waals surface area contributed by atoms with Crippen LogP contribution in [-0.2, 0) is 50.6 Å². The molecule has 0 radical (unpaired) electrons. The Morgan fingerprint density at radius 1 is 0.820 bits per heavy atom. The maximum Gasteiger partial charge on any atom is 0.328 e. The number of esters is 1. The molecule has 1 unspecified atom stereocenters. The van der Waals surface area contributed by atoms with E-state index in [1.165, 1.54) is 9.91 Å². The van der Waals surface area contributed by atoms with Crippen LogP contribution in [0.4, 0.5) is 0 Å². The minimum absolute atomic E-state index is 0. The summed E-state index contributed by atoms with van der Waals surface area (Å²) < 4.78 is 23.3. The molecule has 3 saturated heterocycles. The average molecular weight is 876 g/mol. The maximum atomic E-state index is 13.3. The third-order valence-corrected chi connectivity index (χ3v) is 12.5. The highest BCUT2D eigenvalue weighted by Gasteiger charge is 2.43. The fourth-order valence-electron chi connectivity index (χ4n) is 7.97. The van der Waals surface area contributed by atoms with Gasteiger partial charge in [0.15, 0.2) is 0 Å². The molecule has 0 aliphatic carbocycles. The molecule has 0 bridgehead atoms. The van der Waals surface area contributed by atoms with Gasteiger partial charge in [-0.2, -0.15) is 0 Å². The van der Waals surface area contributed by atoms with Crippen LogP contribution in [-0.4, -0.2) is 134 Å². The Bertz CT molecular complexity index is 1720. The molecule has 3 heterocycles. The number of unbranched alkanes of at least 4 members (excludes halogenated alkanes) is 2. The summed E-state index contributed by atoms with van der Waals surface area (Å²) in [5.74, 6) is -3.21. The quantitative estimate of drug-likeness (QED) is 0.0683. The van der Waals surface area contributed by atoms with Crippen molar-refractivity contribution in [2.45, 2.75) is 127 Å². The first-order valence-corrected chi connectivity index (χ1v) is 23.2. The van der Waals surface area contributed by atoms with Gasteiger partial charge >= 0.3 is 25.5 Å². The van der Waals surface area contributed by atoms with Gasteiger partial charge in [-0.25, -0.2) is 14.6 Å². The van der Waals surface area contributed by atoms with Crippen molar-refractivity contribution in [3.8, 4) is 0 Å². The van der Waals surface area contributed by atoms with E-state index in [4.69, 9.17) is 15.0 Å². The molecule has 3 aliphatic rings. The monoisotopic (exact) mass is 875 g/mol. The fraction of sp³-hybridized carbons (Fsp3) is 0.605. The number of hydrazine groups is 1. The van der Waals surface area contributed by atoms with Gasteiger partial charge in [-0.05, 0) is 114 Å². The van der Waals surface area contributed by atoms with Crippen LogP contribution in [0.3, 0.4) is 0 Å². The highest BCUT2D eigenvalue weighted by atomic mass is 31.2. The van der Waals surface area contributed by atoms with Crippen molar-refractivity contribution in [2.24, 2.45) is 5.73 Å². The number of carboxylic acid groups (broad SMARTS) is 2. The van der Waals surface area contributed by atoms with Crippen LogP contribution in [0.2, 0.25) is 0 Å². The second kappa shape index (κ2) is 26.3. The Labute approximate surface area is 358 Å². The van der Waals surface area contributed by atoms with Crippen molar-refractivity contribution in [1.29, 1.82) is 0 Å². The maximum absolute atomic E-state index is 13.3. The van der Waals surface area contributed by atoms with E-state index in [9.17, 15) is 43.6 Å². The lowest BCUT2D eigenvalue weighted by Crippen LogP contribution is -2.61. The summed E-state index contributed by atoms with van der Waals surface area (Å²) in [6.07, 6.45) is 6.97. The highest BCUT2D eigenvalue weighted by molar-refractivity contribution is 7.52. The van der Waals surface area contributed by atoms with Crippen molar-refractivity contribution >= 4 is 37.3 Å². The Morgan fingerprint density at radius 3 is 2.02 bits per heavy atom.